The highest BCUT2D eigenvalue weighted by atomic mass is 16.5. The number of rotatable bonds is 3. The Kier molecular flexibility index (Phi) is 4.55. The third kappa shape index (κ3) is 3.15. The Labute approximate surface area is 96.0 Å². The van der Waals surface area contributed by atoms with Gasteiger partial charge in [-0.3, -0.25) is 4.90 Å². The van der Waals surface area contributed by atoms with Crippen molar-refractivity contribution in [3.05, 3.63) is 0 Å². The molecule has 0 aromatic heterocycles. The van der Waals surface area contributed by atoms with E-state index in [4.69, 9.17) is 14.6 Å². The molecule has 3 atom stereocenters. The van der Waals surface area contributed by atoms with E-state index in [1.54, 1.807) is 0 Å². The zero-order chi connectivity index (χ0) is 11.4. The van der Waals surface area contributed by atoms with Crippen LogP contribution in [0.2, 0.25) is 0 Å². The fourth-order valence-electron chi connectivity index (χ4n) is 2.35. The van der Waals surface area contributed by atoms with Crippen molar-refractivity contribution in [2.45, 2.75) is 18.6 Å². The minimum atomic E-state index is -0.246. The smallest absolute Gasteiger partial charge is 0.0932 e. The first-order valence-electron chi connectivity index (χ1n) is 6.00. The highest BCUT2D eigenvalue weighted by Gasteiger charge is 2.28. The Morgan fingerprint density at radius 2 is 2.19 bits per heavy atom. The van der Waals surface area contributed by atoms with Gasteiger partial charge in [0.1, 0.15) is 0 Å². The van der Waals surface area contributed by atoms with Gasteiger partial charge < -0.3 is 19.7 Å². The number of nitrogens with zero attached hydrogens (tertiary/aromatic N) is 1. The van der Waals surface area contributed by atoms with Crippen molar-refractivity contribution in [1.82, 2.24) is 4.90 Å². The minimum Gasteiger partial charge on any atom is -0.394 e. The van der Waals surface area contributed by atoms with Crippen LogP contribution in [0.25, 0.3) is 0 Å². The van der Waals surface area contributed by atoms with Crippen LogP contribution in [0.1, 0.15) is 6.42 Å². The van der Waals surface area contributed by atoms with Gasteiger partial charge in [-0.15, -0.1) is 0 Å². The summed E-state index contributed by atoms with van der Waals surface area (Å²) in [6.45, 7) is 4.50. The summed E-state index contributed by atoms with van der Waals surface area (Å²) in [7, 11) is 0. The number of hydrogen-bond donors (Lipinski definition) is 2. The third-order valence-corrected chi connectivity index (χ3v) is 3.35. The van der Waals surface area contributed by atoms with Crippen molar-refractivity contribution in [3.63, 3.8) is 0 Å². The molecule has 2 saturated heterocycles. The van der Waals surface area contributed by atoms with Crippen molar-refractivity contribution < 1.29 is 19.7 Å². The molecule has 0 spiro atoms. The largest absolute Gasteiger partial charge is 0.394 e. The van der Waals surface area contributed by atoms with Gasteiger partial charge >= 0.3 is 0 Å². The normalized spacial score (nSPS) is 37.5. The molecule has 2 fully saturated rings. The Hall–Kier alpha value is -0.200. The zero-order valence-corrected chi connectivity index (χ0v) is 9.55. The van der Waals surface area contributed by atoms with Crippen molar-refractivity contribution in [1.29, 1.82) is 0 Å². The van der Waals surface area contributed by atoms with E-state index in [2.05, 4.69) is 4.90 Å². The van der Waals surface area contributed by atoms with Gasteiger partial charge in [-0.05, 0) is 6.42 Å². The molecule has 2 heterocycles. The fraction of sp³-hybridized carbons (Fsp3) is 1.00. The molecular weight excluding hydrogens is 210 g/mol. The molecule has 0 aromatic carbocycles. The van der Waals surface area contributed by atoms with Gasteiger partial charge in [-0.2, -0.15) is 0 Å². The first-order valence-corrected chi connectivity index (χ1v) is 6.00. The summed E-state index contributed by atoms with van der Waals surface area (Å²) >= 11 is 0. The van der Waals surface area contributed by atoms with Crippen molar-refractivity contribution >= 4 is 0 Å². The molecule has 3 unspecified atom stereocenters. The van der Waals surface area contributed by atoms with E-state index in [-0.39, 0.29) is 24.7 Å². The molecule has 2 aliphatic rings. The van der Waals surface area contributed by atoms with E-state index in [0.29, 0.717) is 19.8 Å². The number of hydrogen-bond acceptors (Lipinski definition) is 5. The Morgan fingerprint density at radius 3 is 2.94 bits per heavy atom. The summed E-state index contributed by atoms with van der Waals surface area (Å²) in [5.74, 6) is 0.200. The average Bonchev–Trinajstić information content (AvgIpc) is 2.32. The monoisotopic (exact) mass is 231 g/mol. The lowest BCUT2D eigenvalue weighted by Crippen LogP contribution is -2.48. The molecule has 0 radical (unpaired) electrons. The van der Waals surface area contributed by atoms with E-state index in [9.17, 15) is 5.11 Å². The van der Waals surface area contributed by atoms with Gasteiger partial charge in [0, 0.05) is 32.2 Å². The van der Waals surface area contributed by atoms with E-state index >= 15 is 0 Å². The van der Waals surface area contributed by atoms with Crippen LogP contribution in [0.5, 0.6) is 0 Å². The van der Waals surface area contributed by atoms with Crippen LogP contribution < -0.4 is 0 Å². The predicted molar refractivity (Wildman–Crippen MR) is 58.2 cm³/mol. The summed E-state index contributed by atoms with van der Waals surface area (Å²) < 4.78 is 10.8. The number of aliphatic hydroxyl groups excluding tert-OH is 2. The van der Waals surface area contributed by atoms with E-state index in [1.165, 1.54) is 0 Å². The number of morpholine rings is 1. The lowest BCUT2D eigenvalue weighted by atomic mass is 9.98. The lowest BCUT2D eigenvalue weighted by molar-refractivity contribution is -0.0822. The molecule has 94 valence electrons. The molecule has 2 rings (SSSR count). The van der Waals surface area contributed by atoms with Gasteiger partial charge in [0.05, 0.1) is 32.0 Å². The topological polar surface area (TPSA) is 62.2 Å². The SMILES string of the molecule is OCC1CN(CC2COCCC2O)CCO1. The summed E-state index contributed by atoms with van der Waals surface area (Å²) in [5, 5.41) is 18.9. The predicted octanol–water partition coefficient (Wildman–Crippen LogP) is -0.923. The van der Waals surface area contributed by atoms with Crippen LogP contribution in [0.4, 0.5) is 0 Å². The second-order valence-corrected chi connectivity index (χ2v) is 4.63. The van der Waals surface area contributed by atoms with Crippen LogP contribution in [-0.4, -0.2) is 73.4 Å². The van der Waals surface area contributed by atoms with Crippen molar-refractivity contribution in [2.24, 2.45) is 5.92 Å². The quantitative estimate of drug-likeness (QED) is 0.657. The van der Waals surface area contributed by atoms with Crippen molar-refractivity contribution in [3.8, 4) is 0 Å². The van der Waals surface area contributed by atoms with Gasteiger partial charge in [0.15, 0.2) is 0 Å². The lowest BCUT2D eigenvalue weighted by Gasteiger charge is -2.37. The molecule has 2 aliphatic heterocycles. The van der Waals surface area contributed by atoms with E-state index < -0.39 is 0 Å². The highest BCUT2D eigenvalue weighted by Crippen LogP contribution is 2.17. The van der Waals surface area contributed by atoms with Crippen LogP contribution in [0.3, 0.4) is 0 Å². The molecule has 16 heavy (non-hydrogen) atoms. The molecule has 0 amide bonds. The van der Waals surface area contributed by atoms with Gasteiger partial charge in [-0.1, -0.05) is 0 Å². The molecule has 5 heteroatoms. The molecule has 2 N–H and O–H groups in total. The van der Waals surface area contributed by atoms with Gasteiger partial charge in [0.25, 0.3) is 0 Å². The Bertz CT molecular complexity index is 214. The molecule has 0 saturated carbocycles. The number of aliphatic hydroxyl groups is 2. The van der Waals surface area contributed by atoms with Gasteiger partial charge in [-0.25, -0.2) is 0 Å². The summed E-state index contributed by atoms with van der Waals surface area (Å²) in [6.07, 6.45) is 0.415. The van der Waals surface area contributed by atoms with Crippen LogP contribution in [0, 0.1) is 5.92 Å². The second-order valence-electron chi connectivity index (χ2n) is 4.63. The van der Waals surface area contributed by atoms with Crippen LogP contribution in [-0.2, 0) is 9.47 Å². The maximum absolute atomic E-state index is 9.84. The molecule has 0 aliphatic carbocycles. The highest BCUT2D eigenvalue weighted by molar-refractivity contribution is 4.79. The standard InChI is InChI=1S/C11H21NO4/c13-7-10-6-12(2-4-16-10)5-9-8-15-3-1-11(9)14/h9-11,13-14H,1-8H2. The first kappa shape index (κ1) is 12.3. The maximum atomic E-state index is 9.84. The fourth-order valence-corrected chi connectivity index (χ4v) is 2.35. The Balaban J connectivity index is 1.79. The van der Waals surface area contributed by atoms with Crippen LogP contribution in [0.15, 0.2) is 0 Å². The van der Waals surface area contributed by atoms with Gasteiger partial charge in [0.2, 0.25) is 0 Å². The first-order chi connectivity index (χ1) is 7.79. The van der Waals surface area contributed by atoms with E-state index in [0.717, 1.165) is 26.1 Å². The molecule has 0 bridgehead atoms. The average molecular weight is 231 g/mol. The maximum Gasteiger partial charge on any atom is 0.0932 e. The zero-order valence-electron chi connectivity index (χ0n) is 9.55. The molecule has 5 nitrogen and oxygen atoms in total. The van der Waals surface area contributed by atoms with Crippen molar-refractivity contribution in [2.75, 3.05) is 46.1 Å². The number of ether oxygens (including phenoxy) is 2. The minimum absolute atomic E-state index is 0.0697. The summed E-state index contributed by atoms with van der Waals surface area (Å²) in [4.78, 5) is 2.24. The Morgan fingerprint density at radius 1 is 1.31 bits per heavy atom. The second kappa shape index (κ2) is 5.93. The van der Waals surface area contributed by atoms with E-state index in [1.807, 2.05) is 0 Å². The third-order valence-electron chi connectivity index (χ3n) is 3.35. The summed E-state index contributed by atoms with van der Waals surface area (Å²) in [5.41, 5.74) is 0. The molecular formula is C11H21NO4. The van der Waals surface area contributed by atoms with Crippen LogP contribution >= 0.6 is 0 Å². The summed E-state index contributed by atoms with van der Waals surface area (Å²) in [6, 6.07) is 0. The molecule has 0 aromatic rings.